The van der Waals surface area contributed by atoms with Crippen molar-refractivity contribution < 1.29 is 0 Å². The van der Waals surface area contributed by atoms with Crippen molar-refractivity contribution >= 4 is 0 Å². The molecule has 1 aromatic heterocycles. The van der Waals surface area contributed by atoms with Gasteiger partial charge in [0.1, 0.15) is 11.6 Å². The van der Waals surface area contributed by atoms with E-state index in [4.69, 9.17) is 5.73 Å². The van der Waals surface area contributed by atoms with E-state index in [1.54, 1.807) is 0 Å². The molecule has 1 aliphatic carbocycles. The van der Waals surface area contributed by atoms with E-state index in [2.05, 4.69) is 28.6 Å². The molecule has 1 saturated carbocycles. The van der Waals surface area contributed by atoms with E-state index in [0.29, 0.717) is 12.5 Å². The van der Waals surface area contributed by atoms with Crippen molar-refractivity contribution in [2.24, 2.45) is 11.7 Å². The van der Waals surface area contributed by atoms with Crippen LogP contribution in [0, 0.1) is 5.92 Å². The summed E-state index contributed by atoms with van der Waals surface area (Å²) in [5, 5.41) is 8.47. The number of aromatic nitrogens is 3. The highest BCUT2D eigenvalue weighted by molar-refractivity contribution is 5.05. The Morgan fingerprint density at radius 1 is 1.47 bits per heavy atom. The first-order valence-corrected chi connectivity index (χ1v) is 5.90. The van der Waals surface area contributed by atoms with Crippen LogP contribution in [-0.4, -0.2) is 14.8 Å². The van der Waals surface area contributed by atoms with E-state index >= 15 is 0 Å². The second kappa shape index (κ2) is 4.31. The third kappa shape index (κ3) is 2.04. The number of hydrogen-bond donors (Lipinski definition) is 1. The summed E-state index contributed by atoms with van der Waals surface area (Å²) in [5.41, 5.74) is 5.66. The van der Waals surface area contributed by atoms with Gasteiger partial charge in [-0.2, -0.15) is 0 Å². The Labute approximate surface area is 90.9 Å². The minimum Gasteiger partial charge on any atom is -0.324 e. The fraction of sp³-hybridized carbons (Fsp3) is 0.818. The second-order valence-corrected chi connectivity index (χ2v) is 4.46. The van der Waals surface area contributed by atoms with Crippen molar-refractivity contribution in [3.63, 3.8) is 0 Å². The highest BCUT2D eigenvalue weighted by atomic mass is 15.3. The molecule has 4 nitrogen and oxygen atoms in total. The lowest BCUT2D eigenvalue weighted by atomic mass is 10.1. The number of rotatable bonds is 5. The summed E-state index contributed by atoms with van der Waals surface area (Å²) in [6.07, 6.45) is 3.80. The van der Waals surface area contributed by atoms with Crippen LogP contribution in [0.3, 0.4) is 0 Å². The van der Waals surface area contributed by atoms with Gasteiger partial charge in [-0.15, -0.1) is 10.2 Å². The van der Waals surface area contributed by atoms with Gasteiger partial charge in [0.2, 0.25) is 0 Å². The highest BCUT2D eigenvalue weighted by Crippen LogP contribution is 2.41. The molecule has 1 aliphatic rings. The van der Waals surface area contributed by atoms with Crippen LogP contribution >= 0.6 is 0 Å². The van der Waals surface area contributed by atoms with Crippen molar-refractivity contribution in [3.8, 4) is 0 Å². The molecule has 1 heterocycles. The summed E-state index contributed by atoms with van der Waals surface area (Å²) in [7, 11) is 0. The fourth-order valence-electron chi connectivity index (χ4n) is 2.11. The van der Waals surface area contributed by atoms with Crippen LogP contribution in [0.2, 0.25) is 0 Å². The van der Waals surface area contributed by atoms with Gasteiger partial charge in [-0.05, 0) is 25.2 Å². The fourth-order valence-corrected chi connectivity index (χ4v) is 2.11. The van der Waals surface area contributed by atoms with E-state index in [0.717, 1.165) is 30.5 Å². The molecule has 2 rings (SSSR count). The summed E-state index contributed by atoms with van der Waals surface area (Å²) in [5.74, 6) is 3.44. The van der Waals surface area contributed by atoms with E-state index in [1.807, 2.05) is 0 Å². The monoisotopic (exact) mass is 208 g/mol. The van der Waals surface area contributed by atoms with Crippen molar-refractivity contribution in [3.05, 3.63) is 11.6 Å². The van der Waals surface area contributed by atoms with Gasteiger partial charge < -0.3 is 10.3 Å². The molecule has 0 spiro atoms. The first kappa shape index (κ1) is 10.6. The minimum atomic E-state index is 0.490. The summed E-state index contributed by atoms with van der Waals surface area (Å²) in [6, 6.07) is 0. The molecule has 0 amide bonds. The maximum atomic E-state index is 5.66. The zero-order valence-electron chi connectivity index (χ0n) is 9.61. The molecule has 1 atom stereocenters. The normalized spacial score (nSPS) is 18.1. The van der Waals surface area contributed by atoms with E-state index in [-0.39, 0.29) is 0 Å². The third-order valence-electron chi connectivity index (χ3n) is 3.22. The van der Waals surface area contributed by atoms with E-state index in [9.17, 15) is 0 Å². The molecule has 0 aliphatic heterocycles. The molecule has 4 heteroatoms. The van der Waals surface area contributed by atoms with Gasteiger partial charge in [-0.3, -0.25) is 0 Å². The lowest BCUT2D eigenvalue weighted by Gasteiger charge is -2.12. The topological polar surface area (TPSA) is 56.7 Å². The lowest BCUT2D eigenvalue weighted by Crippen LogP contribution is -2.13. The zero-order valence-corrected chi connectivity index (χ0v) is 9.61. The van der Waals surface area contributed by atoms with E-state index in [1.165, 1.54) is 12.8 Å². The van der Waals surface area contributed by atoms with Crippen molar-refractivity contribution in [1.29, 1.82) is 0 Å². The Morgan fingerprint density at radius 2 is 2.20 bits per heavy atom. The smallest absolute Gasteiger partial charge is 0.146 e. The van der Waals surface area contributed by atoms with Crippen molar-refractivity contribution in [2.45, 2.75) is 52.1 Å². The Morgan fingerprint density at radius 3 is 2.73 bits per heavy atom. The molecule has 2 N–H and O–H groups in total. The van der Waals surface area contributed by atoms with Crippen molar-refractivity contribution in [1.82, 2.24) is 14.8 Å². The van der Waals surface area contributed by atoms with Gasteiger partial charge >= 0.3 is 0 Å². The molecule has 0 aromatic carbocycles. The number of nitrogens with zero attached hydrogens (tertiary/aromatic N) is 3. The first-order chi connectivity index (χ1) is 7.27. The highest BCUT2D eigenvalue weighted by Gasteiger charge is 2.32. The molecule has 1 unspecified atom stereocenters. The maximum absolute atomic E-state index is 5.66. The van der Waals surface area contributed by atoms with Crippen LogP contribution in [0.1, 0.15) is 50.7 Å². The van der Waals surface area contributed by atoms with Crippen LogP contribution < -0.4 is 5.73 Å². The van der Waals surface area contributed by atoms with Gasteiger partial charge in [0.05, 0.1) is 6.54 Å². The molecule has 0 saturated heterocycles. The molecular weight excluding hydrogens is 188 g/mol. The van der Waals surface area contributed by atoms with Crippen LogP contribution in [0.4, 0.5) is 0 Å². The molecular formula is C11H20N4. The predicted molar refractivity (Wildman–Crippen MR) is 59.3 cm³/mol. The number of hydrogen-bond acceptors (Lipinski definition) is 3. The Bertz CT molecular complexity index is 327. The van der Waals surface area contributed by atoms with Crippen LogP contribution in [0.5, 0.6) is 0 Å². The maximum Gasteiger partial charge on any atom is 0.146 e. The van der Waals surface area contributed by atoms with Crippen LogP contribution in [0.15, 0.2) is 0 Å². The standard InChI is InChI=1S/C11H20N4/c1-3-6-15-10(7-12)13-14-11(15)8(2)9-4-5-9/h8-9H,3-7,12H2,1-2H3. The first-order valence-electron chi connectivity index (χ1n) is 5.90. The van der Waals surface area contributed by atoms with Crippen LogP contribution in [0.25, 0.3) is 0 Å². The largest absolute Gasteiger partial charge is 0.324 e. The summed E-state index contributed by atoms with van der Waals surface area (Å²) in [4.78, 5) is 0. The van der Waals surface area contributed by atoms with Crippen molar-refractivity contribution in [2.75, 3.05) is 0 Å². The third-order valence-corrected chi connectivity index (χ3v) is 3.22. The molecule has 0 bridgehead atoms. The molecule has 15 heavy (non-hydrogen) atoms. The molecule has 0 radical (unpaired) electrons. The molecule has 1 fully saturated rings. The Balaban J connectivity index is 2.24. The zero-order chi connectivity index (χ0) is 10.8. The van der Waals surface area contributed by atoms with Gasteiger partial charge in [0.15, 0.2) is 0 Å². The predicted octanol–water partition coefficient (Wildman–Crippen LogP) is 1.66. The second-order valence-electron chi connectivity index (χ2n) is 4.46. The Kier molecular flexibility index (Phi) is 3.05. The van der Waals surface area contributed by atoms with Gasteiger partial charge in [0.25, 0.3) is 0 Å². The average molecular weight is 208 g/mol. The van der Waals surface area contributed by atoms with Gasteiger partial charge in [-0.25, -0.2) is 0 Å². The summed E-state index contributed by atoms with van der Waals surface area (Å²) in [6.45, 7) is 5.91. The lowest BCUT2D eigenvalue weighted by molar-refractivity contribution is 0.540. The Hall–Kier alpha value is -0.900. The molecule has 1 aromatic rings. The quantitative estimate of drug-likeness (QED) is 0.800. The average Bonchev–Trinajstić information content (AvgIpc) is 3.00. The summed E-state index contributed by atoms with van der Waals surface area (Å²) >= 11 is 0. The number of nitrogens with two attached hydrogens (primary N) is 1. The van der Waals surface area contributed by atoms with Gasteiger partial charge in [0, 0.05) is 12.5 Å². The van der Waals surface area contributed by atoms with E-state index < -0.39 is 0 Å². The van der Waals surface area contributed by atoms with Gasteiger partial charge in [-0.1, -0.05) is 13.8 Å². The molecule has 84 valence electrons. The minimum absolute atomic E-state index is 0.490. The van der Waals surface area contributed by atoms with Crippen LogP contribution in [-0.2, 0) is 13.1 Å². The summed E-state index contributed by atoms with van der Waals surface area (Å²) < 4.78 is 2.21. The SMILES string of the molecule is CCCn1c(CN)nnc1C(C)C1CC1.